The normalized spacial score (nSPS) is 20.7. The van der Waals surface area contributed by atoms with Crippen LogP contribution in [0, 0.1) is 6.92 Å². The summed E-state index contributed by atoms with van der Waals surface area (Å²) in [6.07, 6.45) is 2.24. The van der Waals surface area contributed by atoms with E-state index in [4.69, 9.17) is 4.74 Å². The third-order valence-corrected chi connectivity index (χ3v) is 5.34. The number of hydrogen-bond donors (Lipinski definition) is 1. The lowest BCUT2D eigenvalue weighted by Crippen LogP contribution is -2.51. The lowest BCUT2D eigenvalue weighted by atomic mass is 10.0. The van der Waals surface area contributed by atoms with Crippen molar-refractivity contribution in [2.24, 2.45) is 0 Å². The van der Waals surface area contributed by atoms with Crippen LogP contribution in [0.25, 0.3) is 11.3 Å². The number of piperazine rings is 1. The highest BCUT2D eigenvalue weighted by Gasteiger charge is 2.47. The number of aryl methyl sites for hydroxylation is 1. The number of nitrogens with zero attached hydrogens (tertiary/aromatic N) is 3. The molecule has 140 valence electrons. The minimum atomic E-state index is -0.318. The van der Waals surface area contributed by atoms with Gasteiger partial charge < -0.3 is 19.9 Å². The van der Waals surface area contributed by atoms with E-state index in [0.717, 1.165) is 28.9 Å². The fourth-order valence-corrected chi connectivity index (χ4v) is 3.95. The van der Waals surface area contributed by atoms with E-state index in [1.54, 1.807) is 11.1 Å². The predicted octanol–water partition coefficient (Wildman–Crippen LogP) is 3.11. The molecular weight excluding hydrogens is 344 g/mol. The van der Waals surface area contributed by atoms with Crippen molar-refractivity contribution < 1.29 is 14.3 Å². The number of amides is 3. The third kappa shape index (κ3) is 3.20. The van der Waals surface area contributed by atoms with Crippen molar-refractivity contribution in [3.63, 3.8) is 0 Å². The first kappa shape index (κ1) is 17.3. The van der Waals surface area contributed by atoms with Crippen molar-refractivity contribution in [1.82, 2.24) is 14.8 Å². The molecule has 27 heavy (non-hydrogen) atoms. The van der Waals surface area contributed by atoms with Gasteiger partial charge >= 0.3 is 12.1 Å². The fraction of sp³-hybridized carbons (Fsp3) is 0.350. The summed E-state index contributed by atoms with van der Waals surface area (Å²) in [6, 6.07) is 11.5. The summed E-state index contributed by atoms with van der Waals surface area (Å²) in [5, 5.41) is 2.99. The van der Waals surface area contributed by atoms with Gasteiger partial charge in [-0.2, -0.15) is 0 Å². The van der Waals surface area contributed by atoms with E-state index < -0.39 is 0 Å². The van der Waals surface area contributed by atoms with Crippen LogP contribution < -0.4 is 5.32 Å². The topological polar surface area (TPSA) is 74.8 Å². The zero-order valence-electron chi connectivity index (χ0n) is 15.4. The molecule has 4 rings (SSSR count). The zero-order valence-corrected chi connectivity index (χ0v) is 15.4. The van der Waals surface area contributed by atoms with Gasteiger partial charge in [-0.1, -0.05) is 12.1 Å². The van der Waals surface area contributed by atoms with Gasteiger partial charge in [0.15, 0.2) is 0 Å². The minimum absolute atomic E-state index is 0.0369. The van der Waals surface area contributed by atoms with E-state index >= 15 is 0 Å². The van der Waals surface area contributed by atoms with E-state index in [-0.39, 0.29) is 24.2 Å². The number of aromatic nitrogens is 1. The molecule has 1 N–H and O–H groups in total. The standard InChI is InChI=1S/C20H22N4O3/c1-13-6-7-14(9-17(13)18-5-3-4-8-21-18)22-19(25)23-11-16-10-15(23)12-24(16)20(26)27-2/h3-9,15-16H,10-12H2,1-2H3,(H,22,25). The van der Waals surface area contributed by atoms with Crippen molar-refractivity contribution >= 4 is 17.8 Å². The van der Waals surface area contributed by atoms with Gasteiger partial charge in [0.2, 0.25) is 0 Å². The average molecular weight is 366 g/mol. The number of methoxy groups -OCH3 is 1. The first-order valence-corrected chi connectivity index (χ1v) is 9.01. The summed E-state index contributed by atoms with van der Waals surface area (Å²) in [5.41, 5.74) is 3.70. The van der Waals surface area contributed by atoms with Gasteiger partial charge in [0, 0.05) is 30.5 Å². The highest BCUT2D eigenvalue weighted by atomic mass is 16.5. The number of anilines is 1. The van der Waals surface area contributed by atoms with Crippen LogP contribution >= 0.6 is 0 Å². The zero-order chi connectivity index (χ0) is 19.0. The predicted molar refractivity (Wildman–Crippen MR) is 101 cm³/mol. The molecule has 3 heterocycles. The van der Waals surface area contributed by atoms with Crippen molar-refractivity contribution in [3.8, 4) is 11.3 Å². The smallest absolute Gasteiger partial charge is 0.409 e. The largest absolute Gasteiger partial charge is 0.453 e. The number of carbonyl (C=O) groups excluding carboxylic acids is 2. The monoisotopic (exact) mass is 366 g/mol. The number of nitrogens with one attached hydrogen (secondary N) is 1. The Morgan fingerprint density at radius 2 is 1.93 bits per heavy atom. The summed E-state index contributed by atoms with van der Waals surface area (Å²) >= 11 is 0. The Balaban J connectivity index is 1.46. The molecule has 1 aromatic heterocycles. The highest BCUT2D eigenvalue weighted by Crippen LogP contribution is 2.32. The van der Waals surface area contributed by atoms with Gasteiger partial charge in [-0.25, -0.2) is 9.59 Å². The van der Waals surface area contributed by atoms with Crippen LogP contribution in [0.15, 0.2) is 42.6 Å². The fourth-order valence-electron chi connectivity index (χ4n) is 3.95. The van der Waals surface area contributed by atoms with Crippen LogP contribution in [0.1, 0.15) is 12.0 Å². The third-order valence-electron chi connectivity index (χ3n) is 5.34. The molecule has 2 atom stereocenters. The molecule has 2 saturated heterocycles. The molecule has 0 radical (unpaired) electrons. The Labute approximate surface area is 157 Å². The molecule has 2 bridgehead atoms. The summed E-state index contributed by atoms with van der Waals surface area (Å²) in [5.74, 6) is 0. The highest BCUT2D eigenvalue weighted by molar-refractivity contribution is 5.91. The molecule has 7 heteroatoms. The molecule has 2 fully saturated rings. The second-order valence-electron chi connectivity index (χ2n) is 6.99. The summed E-state index contributed by atoms with van der Waals surface area (Å²) in [4.78, 5) is 32.4. The molecule has 1 aromatic carbocycles. The molecule has 0 aliphatic carbocycles. The van der Waals surface area contributed by atoms with Gasteiger partial charge in [0.1, 0.15) is 0 Å². The van der Waals surface area contributed by atoms with Crippen LogP contribution in [0.3, 0.4) is 0 Å². The van der Waals surface area contributed by atoms with E-state index in [0.29, 0.717) is 13.1 Å². The first-order valence-electron chi connectivity index (χ1n) is 9.01. The number of hydrogen-bond acceptors (Lipinski definition) is 4. The Morgan fingerprint density at radius 3 is 2.59 bits per heavy atom. The molecule has 2 aromatic rings. The lowest BCUT2D eigenvalue weighted by molar-refractivity contribution is 0.0967. The maximum Gasteiger partial charge on any atom is 0.409 e. The van der Waals surface area contributed by atoms with Gasteiger partial charge in [0.25, 0.3) is 0 Å². The van der Waals surface area contributed by atoms with Crippen molar-refractivity contribution in [2.45, 2.75) is 25.4 Å². The molecule has 2 unspecified atom stereocenters. The Hall–Kier alpha value is -3.09. The van der Waals surface area contributed by atoms with E-state index in [9.17, 15) is 9.59 Å². The quantitative estimate of drug-likeness (QED) is 0.886. The SMILES string of the molecule is COC(=O)N1CC2CC1CN2C(=O)Nc1ccc(C)c(-c2ccccn2)c1. The maximum atomic E-state index is 12.7. The van der Waals surface area contributed by atoms with Crippen molar-refractivity contribution in [2.75, 3.05) is 25.5 Å². The lowest BCUT2D eigenvalue weighted by Gasteiger charge is -2.33. The van der Waals surface area contributed by atoms with Crippen LogP contribution in [-0.2, 0) is 4.74 Å². The average Bonchev–Trinajstić information content (AvgIpc) is 3.30. The number of carbonyl (C=O) groups is 2. The molecule has 3 amide bonds. The number of ether oxygens (including phenoxy) is 1. The minimum Gasteiger partial charge on any atom is -0.453 e. The van der Waals surface area contributed by atoms with E-state index in [1.165, 1.54) is 7.11 Å². The van der Waals surface area contributed by atoms with Crippen LogP contribution in [0.2, 0.25) is 0 Å². The van der Waals surface area contributed by atoms with Crippen LogP contribution in [0.4, 0.5) is 15.3 Å². The van der Waals surface area contributed by atoms with E-state index in [2.05, 4.69) is 10.3 Å². The number of urea groups is 1. The van der Waals surface area contributed by atoms with Crippen molar-refractivity contribution in [1.29, 1.82) is 0 Å². The number of fused-ring (bicyclic) bond motifs is 2. The number of benzene rings is 1. The number of rotatable bonds is 2. The van der Waals surface area contributed by atoms with Crippen LogP contribution in [0.5, 0.6) is 0 Å². The number of pyridine rings is 1. The molecule has 2 aliphatic heterocycles. The van der Waals surface area contributed by atoms with Crippen molar-refractivity contribution in [3.05, 3.63) is 48.2 Å². The second kappa shape index (κ2) is 6.90. The Kier molecular flexibility index (Phi) is 4.43. The molecule has 0 saturated carbocycles. The van der Waals surface area contributed by atoms with Gasteiger partial charge in [0.05, 0.1) is 24.9 Å². The van der Waals surface area contributed by atoms with E-state index in [1.807, 2.05) is 48.2 Å². The maximum absolute atomic E-state index is 12.7. The first-order chi connectivity index (χ1) is 13.1. The molecule has 0 spiro atoms. The Bertz CT molecular complexity index is 871. The molecule has 2 aliphatic rings. The summed E-state index contributed by atoms with van der Waals surface area (Å²) in [7, 11) is 1.38. The van der Waals surface area contributed by atoms with Gasteiger partial charge in [-0.3, -0.25) is 4.98 Å². The van der Waals surface area contributed by atoms with Gasteiger partial charge in [-0.15, -0.1) is 0 Å². The van der Waals surface area contributed by atoms with Gasteiger partial charge in [-0.05, 0) is 43.2 Å². The summed E-state index contributed by atoms with van der Waals surface area (Å²) < 4.78 is 4.81. The Morgan fingerprint density at radius 1 is 1.15 bits per heavy atom. The van der Waals surface area contributed by atoms with Crippen LogP contribution in [-0.4, -0.2) is 59.2 Å². The molecular formula is C20H22N4O3. The second-order valence-corrected chi connectivity index (χ2v) is 6.99. The summed E-state index contributed by atoms with van der Waals surface area (Å²) in [6.45, 7) is 3.08. The number of likely N-dealkylation sites (tertiary alicyclic amines) is 2. The molecule has 7 nitrogen and oxygen atoms in total.